The van der Waals surface area contributed by atoms with Crippen LogP contribution in [0.25, 0.3) is 0 Å². The monoisotopic (exact) mass is 282 g/mol. The van der Waals surface area contributed by atoms with Gasteiger partial charge in [0.2, 0.25) is 11.8 Å². The molecule has 0 aromatic carbocycles. The predicted molar refractivity (Wildman–Crippen MR) is 81.1 cm³/mol. The Labute approximate surface area is 123 Å². The van der Waals surface area contributed by atoms with E-state index < -0.39 is 0 Å². The minimum absolute atomic E-state index is 0.00653. The van der Waals surface area contributed by atoms with E-state index in [1.165, 1.54) is 0 Å². The Morgan fingerprint density at radius 2 is 1.60 bits per heavy atom. The Balaban J connectivity index is 2.71. The first kappa shape index (κ1) is 17.2. The van der Waals surface area contributed by atoms with E-state index in [1.807, 2.05) is 0 Å². The first-order valence-electron chi connectivity index (χ1n) is 8.20. The molecule has 20 heavy (non-hydrogen) atoms. The van der Waals surface area contributed by atoms with Crippen LogP contribution in [-0.2, 0) is 9.59 Å². The van der Waals surface area contributed by atoms with Gasteiger partial charge in [-0.15, -0.1) is 0 Å². The van der Waals surface area contributed by atoms with Crippen molar-refractivity contribution in [3.05, 3.63) is 0 Å². The molecule has 1 rings (SSSR count). The van der Waals surface area contributed by atoms with E-state index in [0.29, 0.717) is 12.8 Å². The van der Waals surface area contributed by atoms with Crippen molar-refractivity contribution in [1.29, 1.82) is 0 Å². The average molecular weight is 282 g/mol. The molecule has 0 spiro atoms. The standard InChI is InChI=1S/C16H30N2O2/c1-3-5-10-15(19)18(16(20)11-6-4-2)14-9-7-8-13(17)12-14/h13-14H,3-12,17H2,1-2H3. The fourth-order valence-electron chi connectivity index (χ4n) is 2.88. The Morgan fingerprint density at radius 3 is 2.05 bits per heavy atom. The van der Waals surface area contributed by atoms with E-state index in [-0.39, 0.29) is 23.9 Å². The molecule has 0 bridgehead atoms. The van der Waals surface area contributed by atoms with Crippen LogP contribution in [0.3, 0.4) is 0 Å². The van der Waals surface area contributed by atoms with Crippen molar-refractivity contribution in [3.63, 3.8) is 0 Å². The molecule has 1 aliphatic rings. The number of hydrogen-bond acceptors (Lipinski definition) is 3. The molecule has 4 heteroatoms. The highest BCUT2D eigenvalue weighted by molar-refractivity contribution is 5.95. The van der Waals surface area contributed by atoms with E-state index in [9.17, 15) is 9.59 Å². The van der Waals surface area contributed by atoms with E-state index in [2.05, 4.69) is 13.8 Å². The molecule has 0 aliphatic heterocycles. The second-order valence-electron chi connectivity index (χ2n) is 5.95. The summed E-state index contributed by atoms with van der Waals surface area (Å²) in [5, 5.41) is 0. The number of nitrogens with two attached hydrogens (primary N) is 1. The Bertz CT molecular complexity index is 298. The molecule has 0 heterocycles. The van der Waals surface area contributed by atoms with Crippen LogP contribution in [0.5, 0.6) is 0 Å². The summed E-state index contributed by atoms with van der Waals surface area (Å²) < 4.78 is 0. The van der Waals surface area contributed by atoms with Crippen LogP contribution in [0.15, 0.2) is 0 Å². The van der Waals surface area contributed by atoms with Crippen LogP contribution in [0.1, 0.15) is 78.1 Å². The zero-order chi connectivity index (χ0) is 15.0. The molecule has 2 amide bonds. The van der Waals surface area contributed by atoms with Gasteiger partial charge < -0.3 is 5.73 Å². The quantitative estimate of drug-likeness (QED) is 0.780. The fourth-order valence-corrected chi connectivity index (χ4v) is 2.88. The van der Waals surface area contributed by atoms with E-state index in [4.69, 9.17) is 5.73 Å². The van der Waals surface area contributed by atoms with Crippen molar-refractivity contribution >= 4 is 11.8 Å². The third-order valence-corrected chi connectivity index (χ3v) is 4.08. The molecule has 1 fully saturated rings. The second kappa shape index (κ2) is 9.11. The van der Waals surface area contributed by atoms with Gasteiger partial charge in [0.25, 0.3) is 0 Å². The molecule has 0 aromatic heterocycles. The lowest BCUT2D eigenvalue weighted by atomic mass is 9.90. The summed E-state index contributed by atoms with van der Waals surface area (Å²) in [5.41, 5.74) is 6.01. The molecular weight excluding hydrogens is 252 g/mol. The van der Waals surface area contributed by atoms with Crippen molar-refractivity contribution < 1.29 is 9.59 Å². The van der Waals surface area contributed by atoms with Gasteiger partial charge in [0.1, 0.15) is 0 Å². The number of imide groups is 1. The third-order valence-electron chi connectivity index (χ3n) is 4.08. The first-order valence-corrected chi connectivity index (χ1v) is 8.20. The van der Waals surface area contributed by atoms with Crippen molar-refractivity contribution in [3.8, 4) is 0 Å². The molecule has 2 N–H and O–H groups in total. The first-order chi connectivity index (χ1) is 9.60. The highest BCUT2D eigenvalue weighted by Crippen LogP contribution is 2.24. The zero-order valence-corrected chi connectivity index (χ0v) is 13.1. The maximum atomic E-state index is 12.4. The van der Waals surface area contributed by atoms with Gasteiger partial charge in [0.15, 0.2) is 0 Å². The van der Waals surface area contributed by atoms with E-state index in [1.54, 1.807) is 4.90 Å². The Morgan fingerprint density at radius 1 is 1.05 bits per heavy atom. The number of carbonyl (C=O) groups excluding carboxylic acids is 2. The van der Waals surface area contributed by atoms with Crippen molar-refractivity contribution in [2.75, 3.05) is 0 Å². The smallest absolute Gasteiger partial charge is 0.229 e. The zero-order valence-electron chi connectivity index (χ0n) is 13.1. The minimum atomic E-state index is 0.00653. The minimum Gasteiger partial charge on any atom is -0.328 e. The highest BCUT2D eigenvalue weighted by Gasteiger charge is 2.31. The molecule has 0 saturated heterocycles. The Kier molecular flexibility index (Phi) is 7.82. The average Bonchev–Trinajstić information content (AvgIpc) is 2.43. The van der Waals surface area contributed by atoms with Gasteiger partial charge in [-0.05, 0) is 38.5 Å². The molecule has 4 nitrogen and oxygen atoms in total. The molecule has 2 unspecified atom stereocenters. The normalized spacial score (nSPS) is 22.6. The van der Waals surface area contributed by atoms with Gasteiger partial charge in [0.05, 0.1) is 0 Å². The Hall–Kier alpha value is -0.900. The number of unbranched alkanes of at least 4 members (excludes halogenated alkanes) is 2. The van der Waals surface area contributed by atoms with Gasteiger partial charge in [-0.2, -0.15) is 0 Å². The predicted octanol–water partition coefficient (Wildman–Crippen LogP) is 2.99. The second-order valence-corrected chi connectivity index (χ2v) is 5.95. The molecule has 0 aromatic rings. The van der Waals surface area contributed by atoms with E-state index in [0.717, 1.165) is 51.4 Å². The molecule has 2 atom stereocenters. The lowest BCUT2D eigenvalue weighted by Gasteiger charge is -2.35. The maximum Gasteiger partial charge on any atom is 0.229 e. The number of hydrogen-bond donors (Lipinski definition) is 1. The summed E-state index contributed by atoms with van der Waals surface area (Å²) in [6, 6.07) is 0.168. The maximum absolute atomic E-state index is 12.4. The van der Waals surface area contributed by atoms with Crippen molar-refractivity contribution in [2.24, 2.45) is 5.73 Å². The topological polar surface area (TPSA) is 63.4 Å². The molecule has 1 aliphatic carbocycles. The summed E-state index contributed by atoms with van der Waals surface area (Å²) in [5.74, 6) is 0.0131. The third kappa shape index (κ3) is 5.23. The molecule has 116 valence electrons. The SMILES string of the molecule is CCCCC(=O)N(C(=O)CCCC)C1CCCC(N)C1. The lowest BCUT2D eigenvalue weighted by molar-refractivity contribution is -0.148. The summed E-state index contributed by atoms with van der Waals surface area (Å²) in [6.45, 7) is 4.13. The van der Waals surface area contributed by atoms with Crippen molar-refractivity contribution in [1.82, 2.24) is 4.90 Å². The fraction of sp³-hybridized carbons (Fsp3) is 0.875. The summed E-state index contributed by atoms with van der Waals surface area (Å²) >= 11 is 0. The lowest BCUT2D eigenvalue weighted by Crippen LogP contribution is -2.48. The largest absolute Gasteiger partial charge is 0.328 e. The number of amides is 2. The summed E-state index contributed by atoms with van der Waals surface area (Å²) in [6.07, 6.45) is 8.37. The van der Waals surface area contributed by atoms with E-state index >= 15 is 0 Å². The number of nitrogens with zero attached hydrogens (tertiary/aromatic N) is 1. The molecule has 0 radical (unpaired) electrons. The molecule has 1 saturated carbocycles. The van der Waals surface area contributed by atoms with Gasteiger partial charge >= 0.3 is 0 Å². The van der Waals surface area contributed by atoms with Gasteiger partial charge in [-0.3, -0.25) is 14.5 Å². The van der Waals surface area contributed by atoms with Gasteiger partial charge in [0, 0.05) is 24.9 Å². The molecular formula is C16H30N2O2. The highest BCUT2D eigenvalue weighted by atomic mass is 16.2. The van der Waals surface area contributed by atoms with Crippen LogP contribution in [-0.4, -0.2) is 28.8 Å². The van der Waals surface area contributed by atoms with Gasteiger partial charge in [-0.1, -0.05) is 26.7 Å². The number of carbonyl (C=O) groups is 2. The van der Waals surface area contributed by atoms with Crippen LogP contribution < -0.4 is 5.73 Å². The van der Waals surface area contributed by atoms with Crippen LogP contribution in [0.2, 0.25) is 0 Å². The van der Waals surface area contributed by atoms with Crippen LogP contribution in [0.4, 0.5) is 0 Å². The van der Waals surface area contributed by atoms with Gasteiger partial charge in [-0.25, -0.2) is 0 Å². The summed E-state index contributed by atoms with van der Waals surface area (Å²) in [4.78, 5) is 26.3. The van der Waals surface area contributed by atoms with Crippen molar-refractivity contribution in [2.45, 2.75) is 90.1 Å². The summed E-state index contributed by atoms with van der Waals surface area (Å²) in [7, 11) is 0. The number of rotatable bonds is 7. The van der Waals surface area contributed by atoms with Crippen LogP contribution >= 0.6 is 0 Å². The van der Waals surface area contributed by atoms with Crippen LogP contribution in [0, 0.1) is 0 Å².